The number of methoxy groups -OCH3 is 1. The Hall–Kier alpha value is -2.56. The minimum atomic E-state index is -0.473. The number of thioether (sulfide) groups is 1. The molecule has 0 bridgehead atoms. The van der Waals surface area contributed by atoms with Crippen molar-refractivity contribution in [2.24, 2.45) is 0 Å². The molecule has 3 rings (SSSR count). The predicted molar refractivity (Wildman–Crippen MR) is 135 cm³/mol. The molecule has 0 saturated heterocycles. The molecule has 1 atom stereocenters. The second-order valence-electron chi connectivity index (χ2n) is 7.39. The number of hydrogen-bond acceptors (Lipinski definition) is 8. The normalized spacial score (nSPS) is 11.8. The van der Waals surface area contributed by atoms with E-state index >= 15 is 0 Å². The van der Waals surface area contributed by atoms with Gasteiger partial charge in [0.25, 0.3) is 0 Å². The minimum Gasteiger partial charge on any atom is -0.482 e. The first-order valence-electron chi connectivity index (χ1n) is 10.8. The van der Waals surface area contributed by atoms with Gasteiger partial charge in [-0.15, -0.1) is 21.5 Å². The summed E-state index contributed by atoms with van der Waals surface area (Å²) in [6.07, 6.45) is 0.411. The van der Waals surface area contributed by atoms with Crippen LogP contribution in [-0.2, 0) is 22.5 Å². The average molecular weight is 523 g/mol. The zero-order chi connectivity index (χ0) is 24.8. The van der Waals surface area contributed by atoms with Gasteiger partial charge in [-0.25, -0.2) is 4.79 Å². The van der Waals surface area contributed by atoms with E-state index in [1.165, 1.54) is 30.2 Å². The van der Waals surface area contributed by atoms with Crippen molar-refractivity contribution in [1.29, 1.82) is 0 Å². The van der Waals surface area contributed by atoms with Crippen LogP contribution in [0.15, 0.2) is 29.4 Å². The zero-order valence-electron chi connectivity index (χ0n) is 19.7. The number of carbonyl (C=O) groups is 2. The quantitative estimate of drug-likeness (QED) is 0.276. The zero-order valence-corrected chi connectivity index (χ0v) is 22.1. The van der Waals surface area contributed by atoms with E-state index in [2.05, 4.69) is 15.5 Å². The van der Waals surface area contributed by atoms with Crippen LogP contribution < -0.4 is 10.1 Å². The van der Waals surface area contributed by atoms with Crippen LogP contribution in [-0.4, -0.2) is 39.5 Å². The fourth-order valence-corrected chi connectivity index (χ4v) is 5.29. The number of aryl methyl sites for hydroxylation is 2. The lowest BCUT2D eigenvalue weighted by atomic mass is 10.2. The summed E-state index contributed by atoms with van der Waals surface area (Å²) in [4.78, 5) is 25.6. The van der Waals surface area contributed by atoms with Crippen LogP contribution in [0.2, 0.25) is 5.02 Å². The molecular weight excluding hydrogens is 496 g/mol. The number of ether oxygens (including phenoxy) is 2. The largest absolute Gasteiger partial charge is 0.482 e. The summed E-state index contributed by atoms with van der Waals surface area (Å²) in [5, 5.41) is 13.2. The number of nitrogens with one attached hydrogen (secondary N) is 1. The molecule has 8 nitrogen and oxygen atoms in total. The molecule has 0 saturated carbocycles. The van der Waals surface area contributed by atoms with Crippen molar-refractivity contribution in [3.63, 3.8) is 0 Å². The first-order valence-corrected chi connectivity index (χ1v) is 12.9. The lowest BCUT2D eigenvalue weighted by Gasteiger charge is -2.17. The predicted octanol–water partition coefficient (Wildman–Crippen LogP) is 5.54. The van der Waals surface area contributed by atoms with Gasteiger partial charge in [0.05, 0.1) is 18.4 Å². The first-order chi connectivity index (χ1) is 16.3. The van der Waals surface area contributed by atoms with Gasteiger partial charge in [0.2, 0.25) is 5.91 Å². The third-order valence-electron chi connectivity index (χ3n) is 4.99. The standard InChI is InChI=1S/C23H27ClN4O4S2/c1-6-16-11-17(22(30)31-5)21(34-16)25-19(29)12-33-23-27-26-20(28(23)7-2)14(4)32-18-9-8-15(24)10-13(18)3/h8-11,14H,6-7,12H2,1-5H3,(H,25,29). The lowest BCUT2D eigenvalue weighted by molar-refractivity contribution is -0.113. The topological polar surface area (TPSA) is 95.3 Å². The number of halogens is 1. The fourth-order valence-electron chi connectivity index (χ4n) is 3.26. The maximum Gasteiger partial charge on any atom is 0.340 e. The van der Waals surface area contributed by atoms with E-state index in [-0.39, 0.29) is 17.8 Å². The molecular formula is C23H27ClN4O4S2. The van der Waals surface area contributed by atoms with E-state index in [0.29, 0.717) is 33.1 Å². The summed E-state index contributed by atoms with van der Waals surface area (Å²) in [7, 11) is 1.32. The number of rotatable bonds is 10. The van der Waals surface area contributed by atoms with E-state index < -0.39 is 5.97 Å². The van der Waals surface area contributed by atoms with E-state index in [9.17, 15) is 9.59 Å². The molecule has 34 heavy (non-hydrogen) atoms. The third-order valence-corrected chi connectivity index (χ3v) is 7.38. The Morgan fingerprint density at radius 2 is 2.03 bits per heavy atom. The third kappa shape index (κ3) is 6.11. The highest BCUT2D eigenvalue weighted by atomic mass is 35.5. The number of hydrogen-bond donors (Lipinski definition) is 1. The molecule has 2 heterocycles. The van der Waals surface area contributed by atoms with Crippen molar-refractivity contribution < 1.29 is 19.1 Å². The van der Waals surface area contributed by atoms with Gasteiger partial charge in [-0.3, -0.25) is 4.79 Å². The molecule has 0 aliphatic rings. The summed E-state index contributed by atoms with van der Waals surface area (Å²) in [5.41, 5.74) is 1.30. The van der Waals surface area contributed by atoms with Crippen LogP contribution in [0.1, 0.15) is 53.5 Å². The highest BCUT2D eigenvalue weighted by Gasteiger charge is 2.21. The van der Waals surface area contributed by atoms with Gasteiger partial charge in [-0.2, -0.15) is 0 Å². The number of benzene rings is 1. The van der Waals surface area contributed by atoms with Crippen LogP contribution in [0.5, 0.6) is 5.75 Å². The molecule has 0 fully saturated rings. The van der Waals surface area contributed by atoms with Crippen LogP contribution in [0.4, 0.5) is 5.00 Å². The Balaban J connectivity index is 1.67. The molecule has 0 aliphatic heterocycles. The molecule has 11 heteroatoms. The molecule has 3 aromatic rings. The van der Waals surface area contributed by atoms with Gasteiger partial charge in [-0.05, 0) is 57.0 Å². The number of thiophene rings is 1. The average Bonchev–Trinajstić information content (AvgIpc) is 3.42. The van der Waals surface area contributed by atoms with Crippen LogP contribution in [0.3, 0.4) is 0 Å². The minimum absolute atomic E-state index is 0.115. The van der Waals surface area contributed by atoms with E-state index in [1.807, 2.05) is 44.4 Å². The molecule has 1 N–H and O–H groups in total. The summed E-state index contributed by atoms with van der Waals surface area (Å²) in [5.74, 6) is 0.787. The maximum absolute atomic E-state index is 12.6. The fraction of sp³-hybridized carbons (Fsp3) is 0.391. The SMILES string of the molecule is CCc1cc(C(=O)OC)c(NC(=O)CSc2nnc(C(C)Oc3ccc(Cl)cc3C)n2CC)s1. The van der Waals surface area contributed by atoms with Crippen molar-refractivity contribution in [2.75, 3.05) is 18.2 Å². The van der Waals surface area contributed by atoms with Crippen molar-refractivity contribution in [1.82, 2.24) is 14.8 Å². The molecule has 1 unspecified atom stereocenters. The number of amides is 1. The molecule has 2 aromatic heterocycles. The first kappa shape index (κ1) is 26.1. The summed E-state index contributed by atoms with van der Waals surface area (Å²) in [6, 6.07) is 7.21. The Kier molecular flexibility index (Phi) is 8.98. The number of aromatic nitrogens is 3. The number of anilines is 1. The van der Waals surface area contributed by atoms with Gasteiger partial charge >= 0.3 is 5.97 Å². The van der Waals surface area contributed by atoms with Gasteiger partial charge in [0, 0.05) is 16.4 Å². The summed E-state index contributed by atoms with van der Waals surface area (Å²) in [6.45, 7) is 8.43. The van der Waals surface area contributed by atoms with Gasteiger partial charge in [-0.1, -0.05) is 30.3 Å². The lowest BCUT2D eigenvalue weighted by Crippen LogP contribution is -2.16. The Morgan fingerprint density at radius 1 is 1.26 bits per heavy atom. The molecule has 0 radical (unpaired) electrons. The van der Waals surface area contributed by atoms with Crippen molar-refractivity contribution in [3.05, 3.63) is 51.1 Å². The van der Waals surface area contributed by atoms with Crippen molar-refractivity contribution >= 4 is 51.6 Å². The van der Waals surface area contributed by atoms with E-state index in [0.717, 1.165) is 22.6 Å². The number of carbonyl (C=O) groups excluding carboxylic acids is 2. The van der Waals surface area contributed by atoms with Gasteiger partial charge in [0.1, 0.15) is 10.8 Å². The van der Waals surface area contributed by atoms with Crippen LogP contribution in [0, 0.1) is 6.92 Å². The number of nitrogens with zero attached hydrogens (tertiary/aromatic N) is 3. The molecule has 0 aliphatic carbocycles. The smallest absolute Gasteiger partial charge is 0.340 e. The molecule has 1 aromatic carbocycles. The van der Waals surface area contributed by atoms with Gasteiger partial charge in [0.15, 0.2) is 17.1 Å². The van der Waals surface area contributed by atoms with Crippen LogP contribution >= 0.6 is 34.7 Å². The summed E-state index contributed by atoms with van der Waals surface area (Å²) < 4.78 is 12.8. The maximum atomic E-state index is 12.6. The highest BCUT2D eigenvalue weighted by molar-refractivity contribution is 7.99. The monoisotopic (exact) mass is 522 g/mol. The van der Waals surface area contributed by atoms with Crippen molar-refractivity contribution in [3.8, 4) is 5.75 Å². The molecule has 182 valence electrons. The van der Waals surface area contributed by atoms with E-state index in [1.54, 1.807) is 12.1 Å². The Bertz CT molecular complexity index is 1180. The highest BCUT2D eigenvalue weighted by Crippen LogP contribution is 2.31. The van der Waals surface area contributed by atoms with Crippen molar-refractivity contribution in [2.45, 2.75) is 51.9 Å². The van der Waals surface area contributed by atoms with E-state index in [4.69, 9.17) is 21.1 Å². The van der Waals surface area contributed by atoms with Crippen LogP contribution in [0.25, 0.3) is 0 Å². The second kappa shape index (κ2) is 11.7. The molecule has 1 amide bonds. The Labute approximate surface area is 212 Å². The molecule has 0 spiro atoms. The van der Waals surface area contributed by atoms with Gasteiger partial charge < -0.3 is 19.4 Å². The summed E-state index contributed by atoms with van der Waals surface area (Å²) >= 11 is 8.68. The Morgan fingerprint density at radius 3 is 2.68 bits per heavy atom. The number of esters is 1. The second-order valence-corrected chi connectivity index (χ2v) is 9.91.